The molecule has 3 aromatic rings. The number of rotatable bonds is 4. The summed E-state index contributed by atoms with van der Waals surface area (Å²) < 4.78 is 19.0. The quantitative estimate of drug-likeness (QED) is 0.745. The number of fused-ring (bicyclic) bond motifs is 1. The largest absolute Gasteiger partial charge is 0.497 e. The molecule has 3 nitrogen and oxygen atoms in total. The number of carbonyl (C=O) groups excluding carboxylic acids is 1. The van der Waals surface area contributed by atoms with Gasteiger partial charge in [-0.1, -0.05) is 23.7 Å². The summed E-state index contributed by atoms with van der Waals surface area (Å²) >= 11 is 7.66. The zero-order valence-corrected chi connectivity index (χ0v) is 13.8. The van der Waals surface area contributed by atoms with Gasteiger partial charge in [-0.15, -0.1) is 11.3 Å². The molecule has 0 spiro atoms. The summed E-state index contributed by atoms with van der Waals surface area (Å²) in [6.07, 6.45) is 0. The zero-order valence-electron chi connectivity index (χ0n) is 12.2. The van der Waals surface area contributed by atoms with Crippen molar-refractivity contribution in [1.82, 2.24) is 5.32 Å². The van der Waals surface area contributed by atoms with Gasteiger partial charge in [0, 0.05) is 16.6 Å². The molecule has 0 saturated heterocycles. The standard InChI is InChI=1S/C17H13ClFNO2S/c1-22-12-6-7-14-13(8-12)15(18)16(23-14)17(21)20-9-10-2-4-11(19)5-3-10/h2-8H,9H2,1H3,(H,20,21). The minimum absolute atomic E-state index is 0.250. The Morgan fingerprint density at radius 3 is 2.70 bits per heavy atom. The summed E-state index contributed by atoms with van der Waals surface area (Å²) in [4.78, 5) is 12.8. The van der Waals surface area contributed by atoms with Crippen molar-refractivity contribution in [2.24, 2.45) is 0 Å². The van der Waals surface area contributed by atoms with Gasteiger partial charge in [0.05, 0.1) is 12.1 Å². The van der Waals surface area contributed by atoms with Crippen molar-refractivity contribution in [2.45, 2.75) is 6.54 Å². The molecule has 0 aliphatic carbocycles. The topological polar surface area (TPSA) is 38.3 Å². The van der Waals surface area contributed by atoms with Crippen molar-refractivity contribution in [3.05, 3.63) is 63.7 Å². The van der Waals surface area contributed by atoms with E-state index in [-0.39, 0.29) is 11.7 Å². The highest BCUT2D eigenvalue weighted by Crippen LogP contribution is 2.37. The summed E-state index contributed by atoms with van der Waals surface area (Å²) in [5.74, 6) is 0.136. The zero-order chi connectivity index (χ0) is 16.4. The van der Waals surface area contributed by atoms with Crippen LogP contribution in [0.4, 0.5) is 4.39 Å². The summed E-state index contributed by atoms with van der Waals surface area (Å²) in [7, 11) is 1.58. The molecular formula is C17H13ClFNO2S. The number of benzene rings is 2. The molecule has 0 fully saturated rings. The third kappa shape index (κ3) is 3.30. The molecule has 2 aromatic carbocycles. The molecule has 1 heterocycles. The van der Waals surface area contributed by atoms with E-state index in [4.69, 9.17) is 16.3 Å². The maximum atomic E-state index is 12.9. The molecule has 0 atom stereocenters. The molecule has 0 aliphatic heterocycles. The highest BCUT2D eigenvalue weighted by atomic mass is 35.5. The van der Waals surface area contributed by atoms with E-state index in [1.54, 1.807) is 19.2 Å². The Balaban J connectivity index is 1.80. The first kappa shape index (κ1) is 15.8. The number of hydrogen-bond acceptors (Lipinski definition) is 3. The number of nitrogens with one attached hydrogen (secondary N) is 1. The first-order valence-corrected chi connectivity index (χ1v) is 8.06. The molecule has 0 bridgehead atoms. The second-order valence-electron chi connectivity index (χ2n) is 4.92. The fourth-order valence-electron chi connectivity index (χ4n) is 2.18. The van der Waals surface area contributed by atoms with E-state index in [1.165, 1.54) is 23.5 Å². The number of ether oxygens (including phenoxy) is 1. The number of carbonyl (C=O) groups is 1. The Morgan fingerprint density at radius 2 is 2.00 bits per heavy atom. The minimum Gasteiger partial charge on any atom is -0.497 e. The van der Waals surface area contributed by atoms with Gasteiger partial charge >= 0.3 is 0 Å². The lowest BCUT2D eigenvalue weighted by Gasteiger charge is -2.04. The molecule has 23 heavy (non-hydrogen) atoms. The predicted molar refractivity (Wildman–Crippen MR) is 91.0 cm³/mol. The van der Waals surface area contributed by atoms with Crippen LogP contribution in [0.15, 0.2) is 42.5 Å². The van der Waals surface area contributed by atoms with E-state index >= 15 is 0 Å². The average molecular weight is 350 g/mol. The predicted octanol–water partition coefficient (Wildman–Crippen LogP) is 4.63. The molecule has 6 heteroatoms. The van der Waals surface area contributed by atoms with Gasteiger partial charge in [0.25, 0.3) is 5.91 Å². The van der Waals surface area contributed by atoms with Crippen LogP contribution in [-0.2, 0) is 6.54 Å². The summed E-state index contributed by atoms with van der Waals surface area (Å²) in [5, 5.41) is 4.01. The van der Waals surface area contributed by atoms with Gasteiger partial charge in [0.2, 0.25) is 0 Å². The van der Waals surface area contributed by atoms with Gasteiger partial charge in [0.1, 0.15) is 16.4 Å². The van der Waals surface area contributed by atoms with Gasteiger partial charge in [-0.2, -0.15) is 0 Å². The van der Waals surface area contributed by atoms with Crippen LogP contribution >= 0.6 is 22.9 Å². The maximum absolute atomic E-state index is 12.9. The third-order valence-corrected chi connectivity index (χ3v) is 5.08. The number of hydrogen-bond donors (Lipinski definition) is 1. The van der Waals surface area contributed by atoms with Crippen LogP contribution in [0.1, 0.15) is 15.2 Å². The highest BCUT2D eigenvalue weighted by molar-refractivity contribution is 7.21. The van der Waals surface area contributed by atoms with Crippen LogP contribution in [0, 0.1) is 5.82 Å². The van der Waals surface area contributed by atoms with Crippen molar-refractivity contribution in [3.63, 3.8) is 0 Å². The third-order valence-electron chi connectivity index (χ3n) is 3.41. The molecule has 0 radical (unpaired) electrons. The lowest BCUT2D eigenvalue weighted by Crippen LogP contribution is -2.22. The molecular weight excluding hydrogens is 337 g/mol. The molecule has 1 amide bonds. The van der Waals surface area contributed by atoms with Crippen molar-refractivity contribution < 1.29 is 13.9 Å². The Bertz CT molecular complexity index is 861. The normalized spacial score (nSPS) is 10.7. The summed E-state index contributed by atoms with van der Waals surface area (Å²) in [5.41, 5.74) is 0.818. The Morgan fingerprint density at radius 1 is 1.26 bits per heavy atom. The Kier molecular flexibility index (Phi) is 4.50. The number of methoxy groups -OCH3 is 1. The fraction of sp³-hybridized carbons (Fsp3) is 0.118. The molecule has 0 unspecified atom stereocenters. The van der Waals surface area contributed by atoms with Crippen LogP contribution in [-0.4, -0.2) is 13.0 Å². The van der Waals surface area contributed by atoms with E-state index in [9.17, 15) is 9.18 Å². The molecule has 118 valence electrons. The van der Waals surface area contributed by atoms with E-state index < -0.39 is 0 Å². The monoisotopic (exact) mass is 349 g/mol. The second-order valence-corrected chi connectivity index (χ2v) is 6.35. The van der Waals surface area contributed by atoms with Crippen LogP contribution in [0.5, 0.6) is 5.75 Å². The second kappa shape index (κ2) is 6.56. The van der Waals surface area contributed by atoms with E-state index in [0.29, 0.717) is 22.2 Å². The van der Waals surface area contributed by atoms with Crippen molar-refractivity contribution in [3.8, 4) is 5.75 Å². The van der Waals surface area contributed by atoms with Crippen molar-refractivity contribution in [1.29, 1.82) is 0 Å². The van der Waals surface area contributed by atoms with E-state index in [2.05, 4.69) is 5.32 Å². The first-order chi connectivity index (χ1) is 11.1. The SMILES string of the molecule is COc1ccc2sc(C(=O)NCc3ccc(F)cc3)c(Cl)c2c1. The fourth-order valence-corrected chi connectivity index (χ4v) is 3.59. The maximum Gasteiger partial charge on any atom is 0.263 e. The minimum atomic E-state index is -0.304. The van der Waals surface area contributed by atoms with Gasteiger partial charge < -0.3 is 10.1 Å². The highest BCUT2D eigenvalue weighted by Gasteiger charge is 2.17. The van der Waals surface area contributed by atoms with Crippen LogP contribution in [0.2, 0.25) is 5.02 Å². The number of amides is 1. The lowest BCUT2D eigenvalue weighted by atomic mass is 10.2. The van der Waals surface area contributed by atoms with Gasteiger partial charge in [-0.25, -0.2) is 4.39 Å². The average Bonchev–Trinajstić information content (AvgIpc) is 2.90. The molecule has 3 rings (SSSR count). The Labute approximate surface area is 141 Å². The van der Waals surface area contributed by atoms with Gasteiger partial charge in [-0.05, 0) is 35.9 Å². The smallest absolute Gasteiger partial charge is 0.263 e. The van der Waals surface area contributed by atoms with Gasteiger partial charge in [0.15, 0.2) is 0 Å². The van der Waals surface area contributed by atoms with E-state index in [1.807, 2.05) is 18.2 Å². The first-order valence-electron chi connectivity index (χ1n) is 6.87. The molecule has 1 aromatic heterocycles. The number of thiophene rings is 1. The van der Waals surface area contributed by atoms with Crippen LogP contribution < -0.4 is 10.1 Å². The van der Waals surface area contributed by atoms with Crippen molar-refractivity contribution in [2.75, 3.05) is 7.11 Å². The number of halogens is 2. The molecule has 0 saturated carbocycles. The summed E-state index contributed by atoms with van der Waals surface area (Å²) in [6.45, 7) is 0.313. The Hall–Kier alpha value is -2.11. The van der Waals surface area contributed by atoms with Gasteiger partial charge in [-0.3, -0.25) is 4.79 Å². The van der Waals surface area contributed by atoms with E-state index in [0.717, 1.165) is 15.6 Å². The van der Waals surface area contributed by atoms with Crippen LogP contribution in [0.25, 0.3) is 10.1 Å². The van der Waals surface area contributed by atoms with Crippen molar-refractivity contribution >= 4 is 38.9 Å². The van der Waals surface area contributed by atoms with Crippen LogP contribution in [0.3, 0.4) is 0 Å². The molecule has 1 N–H and O–H groups in total. The lowest BCUT2D eigenvalue weighted by molar-refractivity contribution is 0.0955. The summed E-state index contributed by atoms with van der Waals surface area (Å²) in [6, 6.07) is 11.5. The molecule has 0 aliphatic rings.